The molecular formula is C20H25N3O3S. The number of nitrogens with one attached hydrogen (secondary N) is 1. The van der Waals surface area contributed by atoms with Crippen LogP contribution in [-0.2, 0) is 9.59 Å². The normalized spacial score (nSPS) is 14.9. The molecule has 1 aliphatic heterocycles. The minimum Gasteiger partial charge on any atom is -0.483 e. The maximum absolute atomic E-state index is 12.4. The summed E-state index contributed by atoms with van der Waals surface area (Å²) in [6.07, 6.45) is 1.32. The molecule has 0 atom stereocenters. The number of thiazole rings is 1. The first-order valence-corrected chi connectivity index (χ1v) is 10.0. The lowest BCUT2D eigenvalue weighted by molar-refractivity contribution is -0.136. The van der Waals surface area contributed by atoms with E-state index in [0.717, 1.165) is 22.6 Å². The molecule has 7 heteroatoms. The second-order valence-electron chi connectivity index (χ2n) is 7.00. The maximum Gasteiger partial charge on any atom is 0.260 e. The molecule has 1 saturated heterocycles. The van der Waals surface area contributed by atoms with Crippen molar-refractivity contribution >= 4 is 28.3 Å². The van der Waals surface area contributed by atoms with Gasteiger partial charge in [-0.25, -0.2) is 4.98 Å². The molecule has 1 aromatic carbocycles. The summed E-state index contributed by atoms with van der Waals surface area (Å²) in [5.41, 5.74) is 3.02. The lowest BCUT2D eigenvalue weighted by atomic mass is 9.96. The van der Waals surface area contributed by atoms with Crippen LogP contribution in [-0.4, -0.2) is 41.4 Å². The summed E-state index contributed by atoms with van der Waals surface area (Å²) in [5.74, 6) is 0.614. The highest BCUT2D eigenvalue weighted by Gasteiger charge is 2.28. The van der Waals surface area contributed by atoms with Crippen molar-refractivity contribution in [3.63, 3.8) is 0 Å². The Morgan fingerprint density at radius 3 is 2.67 bits per heavy atom. The number of likely N-dealkylation sites (tertiary alicyclic amines) is 1. The molecule has 0 radical (unpaired) electrons. The van der Waals surface area contributed by atoms with Crippen molar-refractivity contribution < 1.29 is 14.3 Å². The Bertz CT molecular complexity index is 826. The Balaban J connectivity index is 1.46. The molecule has 1 fully saturated rings. The van der Waals surface area contributed by atoms with E-state index in [2.05, 4.69) is 10.3 Å². The van der Waals surface area contributed by atoms with Gasteiger partial charge in [0.2, 0.25) is 5.91 Å². The zero-order valence-electron chi connectivity index (χ0n) is 15.9. The summed E-state index contributed by atoms with van der Waals surface area (Å²) in [5, 5.41) is 5.42. The minimum absolute atomic E-state index is 0.0110. The van der Waals surface area contributed by atoms with Crippen LogP contribution in [0.1, 0.15) is 29.7 Å². The van der Waals surface area contributed by atoms with Gasteiger partial charge in [0.15, 0.2) is 11.7 Å². The second kappa shape index (κ2) is 8.52. The molecule has 1 aliphatic rings. The van der Waals surface area contributed by atoms with Gasteiger partial charge in [-0.1, -0.05) is 12.1 Å². The van der Waals surface area contributed by atoms with E-state index in [1.807, 2.05) is 44.4 Å². The molecule has 3 rings (SSSR count). The SMILES string of the molecule is Cc1ccc(C)c(OCC(=O)N2CCC(C(=O)Nc3nc(C)cs3)CC2)c1. The van der Waals surface area contributed by atoms with Crippen molar-refractivity contribution in [1.82, 2.24) is 9.88 Å². The number of anilines is 1. The van der Waals surface area contributed by atoms with Crippen LogP contribution in [0.5, 0.6) is 5.75 Å². The predicted octanol–water partition coefficient (Wildman–Crippen LogP) is 3.32. The maximum atomic E-state index is 12.4. The third-order valence-electron chi connectivity index (χ3n) is 4.76. The zero-order valence-corrected chi connectivity index (χ0v) is 16.8. The molecule has 2 heterocycles. The van der Waals surface area contributed by atoms with E-state index in [4.69, 9.17) is 4.74 Å². The van der Waals surface area contributed by atoms with Crippen molar-refractivity contribution in [2.24, 2.45) is 5.92 Å². The Kier molecular flexibility index (Phi) is 6.11. The van der Waals surface area contributed by atoms with Gasteiger partial charge in [-0.3, -0.25) is 9.59 Å². The summed E-state index contributed by atoms with van der Waals surface area (Å²) < 4.78 is 5.71. The molecule has 0 saturated carbocycles. The minimum atomic E-state index is -0.0850. The average molecular weight is 388 g/mol. The molecule has 2 amide bonds. The van der Waals surface area contributed by atoms with Gasteiger partial charge in [0.05, 0.1) is 5.69 Å². The van der Waals surface area contributed by atoms with Crippen molar-refractivity contribution in [2.75, 3.05) is 25.0 Å². The smallest absolute Gasteiger partial charge is 0.260 e. The van der Waals surface area contributed by atoms with Crippen molar-refractivity contribution in [3.05, 3.63) is 40.4 Å². The summed E-state index contributed by atoms with van der Waals surface area (Å²) in [4.78, 5) is 30.8. The monoisotopic (exact) mass is 387 g/mol. The van der Waals surface area contributed by atoms with E-state index < -0.39 is 0 Å². The van der Waals surface area contributed by atoms with Crippen molar-refractivity contribution in [2.45, 2.75) is 33.6 Å². The van der Waals surface area contributed by atoms with E-state index in [-0.39, 0.29) is 24.3 Å². The molecule has 0 spiro atoms. The zero-order chi connectivity index (χ0) is 19.4. The summed E-state index contributed by atoms with van der Waals surface area (Å²) in [6, 6.07) is 5.95. The van der Waals surface area contributed by atoms with Crippen LogP contribution in [0, 0.1) is 26.7 Å². The highest BCUT2D eigenvalue weighted by atomic mass is 32.1. The number of aryl methyl sites for hydroxylation is 3. The number of hydrogen-bond acceptors (Lipinski definition) is 5. The summed E-state index contributed by atoms with van der Waals surface area (Å²) in [6.45, 7) is 7.04. The summed E-state index contributed by atoms with van der Waals surface area (Å²) in [7, 11) is 0. The lowest BCUT2D eigenvalue weighted by Crippen LogP contribution is -2.43. The number of benzene rings is 1. The average Bonchev–Trinajstić information content (AvgIpc) is 3.07. The number of amides is 2. The largest absolute Gasteiger partial charge is 0.483 e. The number of piperidine rings is 1. The quantitative estimate of drug-likeness (QED) is 0.854. The van der Waals surface area contributed by atoms with Crippen LogP contribution >= 0.6 is 11.3 Å². The Morgan fingerprint density at radius 2 is 2.00 bits per heavy atom. The van der Waals surface area contributed by atoms with Gasteiger partial charge in [0.1, 0.15) is 5.75 Å². The van der Waals surface area contributed by atoms with E-state index >= 15 is 0 Å². The molecule has 0 aliphatic carbocycles. The second-order valence-corrected chi connectivity index (χ2v) is 7.85. The highest BCUT2D eigenvalue weighted by Crippen LogP contribution is 2.22. The number of nitrogens with zero attached hydrogens (tertiary/aromatic N) is 2. The van der Waals surface area contributed by atoms with E-state index in [1.54, 1.807) is 4.90 Å². The molecule has 1 aromatic heterocycles. The van der Waals surface area contributed by atoms with Crippen LogP contribution in [0.3, 0.4) is 0 Å². The van der Waals surface area contributed by atoms with Gasteiger partial charge >= 0.3 is 0 Å². The standard InChI is InChI=1S/C20H25N3O3S/c1-13-4-5-14(2)17(10-13)26-11-18(24)23-8-6-16(7-9-23)19(25)22-20-21-15(3)12-27-20/h4-5,10,12,16H,6-9,11H2,1-3H3,(H,21,22,25). The van der Waals surface area contributed by atoms with Gasteiger partial charge < -0.3 is 15.0 Å². The molecule has 0 unspecified atom stereocenters. The molecule has 0 bridgehead atoms. The van der Waals surface area contributed by atoms with Gasteiger partial charge in [-0.05, 0) is 50.8 Å². The number of carbonyl (C=O) groups excluding carboxylic acids is 2. The highest BCUT2D eigenvalue weighted by molar-refractivity contribution is 7.13. The molecule has 1 N–H and O–H groups in total. The molecule has 27 heavy (non-hydrogen) atoms. The number of aromatic nitrogens is 1. The van der Waals surface area contributed by atoms with E-state index in [1.165, 1.54) is 11.3 Å². The van der Waals surface area contributed by atoms with Gasteiger partial charge in [0.25, 0.3) is 5.91 Å². The molecule has 2 aromatic rings. The van der Waals surface area contributed by atoms with Crippen LogP contribution in [0.2, 0.25) is 0 Å². The van der Waals surface area contributed by atoms with Gasteiger partial charge in [-0.2, -0.15) is 0 Å². The van der Waals surface area contributed by atoms with E-state index in [9.17, 15) is 9.59 Å². The third-order valence-corrected chi connectivity index (χ3v) is 5.64. The fourth-order valence-corrected chi connectivity index (χ4v) is 3.79. The van der Waals surface area contributed by atoms with E-state index in [0.29, 0.717) is 31.1 Å². The fourth-order valence-electron chi connectivity index (χ4n) is 3.10. The van der Waals surface area contributed by atoms with Crippen molar-refractivity contribution in [1.29, 1.82) is 0 Å². The first-order valence-electron chi connectivity index (χ1n) is 9.13. The summed E-state index contributed by atoms with van der Waals surface area (Å²) >= 11 is 1.43. The Hall–Kier alpha value is -2.41. The number of ether oxygens (including phenoxy) is 1. The fraction of sp³-hybridized carbons (Fsp3) is 0.450. The van der Waals surface area contributed by atoms with Crippen LogP contribution < -0.4 is 10.1 Å². The Labute approximate surface area is 163 Å². The molecular weight excluding hydrogens is 362 g/mol. The topological polar surface area (TPSA) is 71.5 Å². The number of carbonyl (C=O) groups is 2. The van der Waals surface area contributed by atoms with Crippen molar-refractivity contribution in [3.8, 4) is 5.75 Å². The number of rotatable bonds is 5. The lowest BCUT2D eigenvalue weighted by Gasteiger charge is -2.31. The molecule has 144 valence electrons. The predicted molar refractivity (Wildman–Crippen MR) is 106 cm³/mol. The first-order chi connectivity index (χ1) is 12.9. The Morgan fingerprint density at radius 1 is 1.26 bits per heavy atom. The molecule has 6 nitrogen and oxygen atoms in total. The third kappa shape index (κ3) is 5.07. The van der Waals surface area contributed by atoms with Crippen LogP contribution in [0.15, 0.2) is 23.6 Å². The van der Waals surface area contributed by atoms with Crippen LogP contribution in [0.4, 0.5) is 5.13 Å². The van der Waals surface area contributed by atoms with Gasteiger partial charge in [0, 0.05) is 24.4 Å². The first kappa shape index (κ1) is 19.4. The van der Waals surface area contributed by atoms with Crippen LogP contribution in [0.25, 0.3) is 0 Å². The number of hydrogen-bond donors (Lipinski definition) is 1. The van der Waals surface area contributed by atoms with Gasteiger partial charge in [-0.15, -0.1) is 11.3 Å².